The van der Waals surface area contributed by atoms with Crippen LogP contribution in [-0.2, 0) is 4.79 Å². The van der Waals surface area contributed by atoms with E-state index in [1.807, 2.05) is 37.3 Å². The number of hydrogen-bond acceptors (Lipinski definition) is 3. The maximum atomic E-state index is 12.1. The Morgan fingerprint density at radius 2 is 2.05 bits per heavy atom. The Kier molecular flexibility index (Phi) is 5.41. The second kappa shape index (κ2) is 7.29. The highest BCUT2D eigenvalue weighted by Gasteiger charge is 2.26. The molecule has 4 heteroatoms. The number of amides is 1. The van der Waals surface area contributed by atoms with Crippen LogP contribution in [0.25, 0.3) is 0 Å². The third-order valence-electron chi connectivity index (χ3n) is 3.75. The van der Waals surface area contributed by atoms with Crippen LogP contribution < -0.4 is 10.1 Å². The summed E-state index contributed by atoms with van der Waals surface area (Å²) in [6, 6.07) is 9.37. The average Bonchev–Trinajstić information content (AvgIpc) is 2.48. The van der Waals surface area contributed by atoms with E-state index in [4.69, 9.17) is 4.74 Å². The molecule has 3 unspecified atom stereocenters. The Morgan fingerprint density at radius 1 is 1.35 bits per heavy atom. The highest BCUT2D eigenvalue weighted by Crippen LogP contribution is 2.19. The Labute approximate surface area is 120 Å². The fourth-order valence-electron chi connectivity index (χ4n) is 2.42. The highest BCUT2D eigenvalue weighted by atomic mass is 16.5. The molecule has 0 radical (unpaired) electrons. The second-order valence-electron chi connectivity index (χ2n) is 5.49. The third-order valence-corrected chi connectivity index (χ3v) is 3.75. The van der Waals surface area contributed by atoms with Crippen molar-refractivity contribution < 1.29 is 14.6 Å². The van der Waals surface area contributed by atoms with Crippen LogP contribution in [-0.4, -0.2) is 29.8 Å². The first-order valence-electron chi connectivity index (χ1n) is 7.33. The molecule has 3 atom stereocenters. The number of carbonyl (C=O) groups is 1. The number of para-hydroxylation sites is 1. The maximum Gasteiger partial charge on any atom is 0.226 e. The van der Waals surface area contributed by atoms with Gasteiger partial charge in [0.2, 0.25) is 5.91 Å². The van der Waals surface area contributed by atoms with Crippen molar-refractivity contribution in [3.8, 4) is 5.75 Å². The van der Waals surface area contributed by atoms with Gasteiger partial charge in [-0.2, -0.15) is 0 Å². The number of carbonyl (C=O) groups excluding carboxylic acids is 1. The van der Waals surface area contributed by atoms with Crippen molar-refractivity contribution in [3.63, 3.8) is 0 Å². The first-order valence-corrected chi connectivity index (χ1v) is 7.33. The van der Waals surface area contributed by atoms with Crippen molar-refractivity contribution in [1.29, 1.82) is 0 Å². The van der Waals surface area contributed by atoms with Gasteiger partial charge in [-0.1, -0.05) is 38.0 Å². The predicted octanol–water partition coefficient (Wildman–Crippen LogP) is 2.12. The predicted molar refractivity (Wildman–Crippen MR) is 77.5 cm³/mol. The van der Waals surface area contributed by atoms with Gasteiger partial charge < -0.3 is 15.2 Å². The summed E-state index contributed by atoms with van der Waals surface area (Å²) in [7, 11) is 0. The van der Waals surface area contributed by atoms with Crippen LogP contribution in [0.4, 0.5) is 0 Å². The minimum absolute atomic E-state index is 0.0492. The minimum atomic E-state index is -0.407. The number of aliphatic hydroxyl groups is 1. The van der Waals surface area contributed by atoms with Crippen LogP contribution >= 0.6 is 0 Å². The molecule has 1 amide bonds. The molecular weight excluding hydrogens is 254 g/mol. The summed E-state index contributed by atoms with van der Waals surface area (Å²) in [5.74, 6) is 0.487. The molecule has 20 heavy (non-hydrogen) atoms. The molecule has 0 aliphatic heterocycles. The molecule has 1 saturated carbocycles. The van der Waals surface area contributed by atoms with E-state index in [0.29, 0.717) is 6.61 Å². The fourth-order valence-corrected chi connectivity index (χ4v) is 2.42. The number of hydrogen-bond donors (Lipinski definition) is 2. The normalized spacial score (nSPS) is 23.9. The zero-order chi connectivity index (χ0) is 14.4. The molecule has 0 saturated heterocycles. The Bertz CT molecular complexity index is 421. The average molecular weight is 277 g/mol. The van der Waals surface area contributed by atoms with Crippen LogP contribution in [0.15, 0.2) is 30.3 Å². The van der Waals surface area contributed by atoms with Crippen molar-refractivity contribution in [2.45, 2.75) is 44.8 Å². The standard InChI is InChI=1S/C16H23NO3/c1-12(11-20-13-7-3-2-4-8-13)16(19)17-14-9-5-6-10-15(14)18/h2-4,7-8,12,14-15,18H,5-6,9-11H2,1H3,(H,17,19). The van der Waals surface area contributed by atoms with Gasteiger partial charge in [-0.3, -0.25) is 4.79 Å². The van der Waals surface area contributed by atoms with Crippen LogP contribution in [0.3, 0.4) is 0 Å². The van der Waals surface area contributed by atoms with Gasteiger partial charge in [0.05, 0.1) is 24.7 Å². The lowest BCUT2D eigenvalue weighted by Gasteiger charge is -2.29. The summed E-state index contributed by atoms with van der Waals surface area (Å²) in [4.78, 5) is 12.1. The summed E-state index contributed by atoms with van der Waals surface area (Å²) < 4.78 is 5.58. The van der Waals surface area contributed by atoms with Crippen molar-refractivity contribution in [3.05, 3.63) is 30.3 Å². The molecule has 1 aromatic rings. The molecule has 0 bridgehead atoms. The van der Waals surface area contributed by atoms with E-state index in [-0.39, 0.29) is 17.9 Å². The molecule has 2 N–H and O–H groups in total. The van der Waals surface area contributed by atoms with Gasteiger partial charge in [-0.25, -0.2) is 0 Å². The SMILES string of the molecule is CC(COc1ccccc1)C(=O)NC1CCCCC1O. The fraction of sp³-hybridized carbons (Fsp3) is 0.562. The van der Waals surface area contributed by atoms with Gasteiger partial charge in [0.1, 0.15) is 5.75 Å². The Balaban J connectivity index is 1.77. The number of ether oxygens (including phenoxy) is 1. The zero-order valence-electron chi connectivity index (χ0n) is 11.9. The van der Waals surface area contributed by atoms with E-state index < -0.39 is 6.10 Å². The van der Waals surface area contributed by atoms with Gasteiger partial charge in [0.15, 0.2) is 0 Å². The molecule has 2 rings (SSSR count). The smallest absolute Gasteiger partial charge is 0.226 e. The summed E-state index contributed by atoms with van der Waals surface area (Å²) in [5.41, 5.74) is 0. The van der Waals surface area contributed by atoms with E-state index in [1.165, 1.54) is 0 Å². The first kappa shape index (κ1) is 14.9. The van der Waals surface area contributed by atoms with Gasteiger partial charge in [0, 0.05) is 0 Å². The van der Waals surface area contributed by atoms with Gasteiger partial charge >= 0.3 is 0 Å². The molecular formula is C16H23NO3. The molecule has 4 nitrogen and oxygen atoms in total. The van der Waals surface area contributed by atoms with Gasteiger partial charge in [0.25, 0.3) is 0 Å². The molecule has 0 heterocycles. The van der Waals surface area contributed by atoms with Crippen molar-refractivity contribution in [2.75, 3.05) is 6.61 Å². The van der Waals surface area contributed by atoms with Gasteiger partial charge in [-0.05, 0) is 25.0 Å². The lowest BCUT2D eigenvalue weighted by Crippen LogP contribution is -2.47. The zero-order valence-corrected chi connectivity index (χ0v) is 11.9. The molecule has 0 spiro atoms. The lowest BCUT2D eigenvalue weighted by atomic mass is 9.92. The van der Waals surface area contributed by atoms with E-state index in [9.17, 15) is 9.90 Å². The molecule has 0 aromatic heterocycles. The summed E-state index contributed by atoms with van der Waals surface area (Å²) >= 11 is 0. The second-order valence-corrected chi connectivity index (χ2v) is 5.49. The highest BCUT2D eigenvalue weighted by molar-refractivity contribution is 5.78. The van der Waals surface area contributed by atoms with Crippen molar-refractivity contribution >= 4 is 5.91 Å². The minimum Gasteiger partial charge on any atom is -0.493 e. The quantitative estimate of drug-likeness (QED) is 0.866. The monoisotopic (exact) mass is 277 g/mol. The summed E-state index contributed by atoms with van der Waals surface area (Å²) in [6.07, 6.45) is 3.34. The van der Waals surface area contributed by atoms with E-state index in [0.717, 1.165) is 31.4 Å². The van der Waals surface area contributed by atoms with E-state index in [1.54, 1.807) is 0 Å². The third kappa shape index (κ3) is 4.23. The topological polar surface area (TPSA) is 58.6 Å². The van der Waals surface area contributed by atoms with E-state index >= 15 is 0 Å². The number of nitrogens with one attached hydrogen (secondary N) is 1. The van der Waals surface area contributed by atoms with Crippen LogP contribution in [0, 0.1) is 5.92 Å². The number of aliphatic hydroxyl groups excluding tert-OH is 1. The number of benzene rings is 1. The van der Waals surface area contributed by atoms with Crippen molar-refractivity contribution in [1.82, 2.24) is 5.32 Å². The summed E-state index contributed by atoms with van der Waals surface area (Å²) in [5, 5.41) is 12.8. The number of rotatable bonds is 5. The maximum absolute atomic E-state index is 12.1. The van der Waals surface area contributed by atoms with E-state index in [2.05, 4.69) is 5.32 Å². The molecule has 1 aliphatic carbocycles. The van der Waals surface area contributed by atoms with Crippen LogP contribution in [0.2, 0.25) is 0 Å². The Morgan fingerprint density at radius 3 is 2.75 bits per heavy atom. The molecule has 1 aromatic carbocycles. The molecule has 110 valence electrons. The largest absolute Gasteiger partial charge is 0.493 e. The Hall–Kier alpha value is -1.55. The van der Waals surface area contributed by atoms with Gasteiger partial charge in [-0.15, -0.1) is 0 Å². The first-order chi connectivity index (χ1) is 9.66. The lowest BCUT2D eigenvalue weighted by molar-refractivity contribution is -0.127. The van der Waals surface area contributed by atoms with Crippen LogP contribution in [0.5, 0.6) is 5.75 Å². The van der Waals surface area contributed by atoms with Crippen molar-refractivity contribution in [2.24, 2.45) is 5.92 Å². The van der Waals surface area contributed by atoms with Crippen LogP contribution in [0.1, 0.15) is 32.6 Å². The molecule has 1 aliphatic rings. The summed E-state index contributed by atoms with van der Waals surface area (Å²) in [6.45, 7) is 2.19. The molecule has 1 fully saturated rings.